The lowest BCUT2D eigenvalue weighted by Crippen LogP contribution is -2.28. The lowest BCUT2D eigenvalue weighted by atomic mass is 10.1. The van der Waals surface area contributed by atoms with E-state index in [2.05, 4.69) is 5.32 Å². The zero-order valence-electron chi connectivity index (χ0n) is 17.4. The number of nitrogens with zero attached hydrogens (tertiary/aromatic N) is 1. The van der Waals surface area contributed by atoms with Crippen LogP contribution in [0.1, 0.15) is 24.5 Å². The van der Waals surface area contributed by atoms with Crippen molar-refractivity contribution in [2.45, 2.75) is 38.5 Å². The van der Waals surface area contributed by atoms with Crippen LogP contribution in [0.5, 0.6) is 5.75 Å². The summed E-state index contributed by atoms with van der Waals surface area (Å²) in [6, 6.07) is 9.64. The van der Waals surface area contributed by atoms with E-state index in [1.54, 1.807) is 6.92 Å². The molecule has 0 unspecified atom stereocenters. The summed E-state index contributed by atoms with van der Waals surface area (Å²) in [5, 5.41) is 12.8. The van der Waals surface area contributed by atoms with Crippen molar-refractivity contribution < 1.29 is 23.0 Å². The van der Waals surface area contributed by atoms with E-state index < -0.39 is 17.5 Å². The van der Waals surface area contributed by atoms with Crippen LogP contribution in [0.3, 0.4) is 0 Å². The molecule has 0 saturated heterocycles. The number of benzene rings is 2. The van der Waals surface area contributed by atoms with Gasteiger partial charge in [0.25, 0.3) is 0 Å². The highest BCUT2D eigenvalue weighted by molar-refractivity contribution is 5.27. The predicted molar refractivity (Wildman–Crippen MR) is 110 cm³/mol. The van der Waals surface area contributed by atoms with Gasteiger partial charge >= 0.3 is 0 Å². The summed E-state index contributed by atoms with van der Waals surface area (Å²) in [6.45, 7) is 4.02. The molecule has 1 fully saturated rings. The molecule has 1 aliphatic carbocycles. The minimum absolute atomic E-state index is 0.162. The molecule has 0 aromatic heterocycles. The van der Waals surface area contributed by atoms with E-state index in [1.807, 2.05) is 36.2 Å². The Bertz CT molecular complexity index is 830. The molecule has 0 aliphatic heterocycles. The van der Waals surface area contributed by atoms with E-state index in [0.29, 0.717) is 31.1 Å². The van der Waals surface area contributed by atoms with Crippen LogP contribution in [0.25, 0.3) is 0 Å². The van der Waals surface area contributed by atoms with E-state index in [4.69, 9.17) is 4.74 Å². The molecule has 4 nitrogen and oxygen atoms in total. The molecular weight excluding hydrogens is 393 g/mol. The monoisotopic (exact) mass is 422 g/mol. The van der Waals surface area contributed by atoms with Crippen LogP contribution in [0.15, 0.2) is 36.4 Å². The molecule has 0 spiro atoms. The number of halogens is 3. The van der Waals surface area contributed by atoms with Gasteiger partial charge in [-0.15, -0.1) is 0 Å². The van der Waals surface area contributed by atoms with Gasteiger partial charge in [0.1, 0.15) is 18.2 Å². The van der Waals surface area contributed by atoms with Crippen LogP contribution in [-0.4, -0.2) is 48.9 Å². The third-order valence-electron chi connectivity index (χ3n) is 5.23. The Morgan fingerprint density at radius 1 is 1.13 bits per heavy atom. The molecule has 0 bridgehead atoms. The molecule has 3 atom stereocenters. The first kappa shape index (κ1) is 22.6. The zero-order valence-corrected chi connectivity index (χ0v) is 17.4. The van der Waals surface area contributed by atoms with Crippen molar-refractivity contribution in [2.24, 2.45) is 5.92 Å². The van der Waals surface area contributed by atoms with Gasteiger partial charge in [0.15, 0.2) is 11.6 Å². The second kappa shape index (κ2) is 10.3. The molecule has 1 saturated carbocycles. The number of hydrogen-bond acceptors (Lipinski definition) is 4. The molecule has 3 rings (SSSR count). The number of hydrogen-bond donors (Lipinski definition) is 2. The van der Waals surface area contributed by atoms with Crippen LogP contribution in [0, 0.1) is 23.4 Å². The van der Waals surface area contributed by atoms with Gasteiger partial charge in [-0.25, -0.2) is 13.2 Å². The average molecular weight is 422 g/mol. The zero-order chi connectivity index (χ0) is 21.7. The first-order chi connectivity index (χ1) is 14.3. The molecule has 2 aromatic carbocycles. The third kappa shape index (κ3) is 6.72. The normalized spacial score (nSPS) is 19.2. The maximum Gasteiger partial charge on any atom is 0.161 e. The average Bonchev–Trinajstić information content (AvgIpc) is 3.41. The molecule has 30 heavy (non-hydrogen) atoms. The fourth-order valence-corrected chi connectivity index (χ4v) is 3.62. The molecule has 2 aromatic rings. The van der Waals surface area contributed by atoms with Gasteiger partial charge in [-0.1, -0.05) is 12.1 Å². The van der Waals surface area contributed by atoms with Crippen molar-refractivity contribution in [1.29, 1.82) is 0 Å². The molecule has 2 N–H and O–H groups in total. The van der Waals surface area contributed by atoms with Crippen LogP contribution < -0.4 is 10.1 Å². The van der Waals surface area contributed by atoms with Crippen molar-refractivity contribution >= 4 is 0 Å². The van der Waals surface area contributed by atoms with Gasteiger partial charge in [-0.3, -0.25) is 0 Å². The van der Waals surface area contributed by atoms with Crippen molar-refractivity contribution in [3.8, 4) is 5.75 Å². The first-order valence-corrected chi connectivity index (χ1v) is 10.3. The minimum Gasteiger partial charge on any atom is -0.492 e. The highest BCUT2D eigenvalue weighted by Gasteiger charge is 2.37. The standard InChI is InChI=1S/C23H29F3N2O2/c1-15(29)9-16-3-5-19(6-4-16)30-8-7-27-23-11-18(23)14-28(2)13-17-10-21(25)22(26)12-20(17)24/h3-6,10,12,15,18,23,27,29H,7-9,11,13-14H2,1-2H3/t15-,18+,23-/m1/s1. The molecular formula is C23H29F3N2O2. The van der Waals surface area contributed by atoms with Crippen LogP contribution in [-0.2, 0) is 13.0 Å². The van der Waals surface area contributed by atoms with E-state index >= 15 is 0 Å². The maximum absolute atomic E-state index is 13.8. The summed E-state index contributed by atoms with van der Waals surface area (Å²) >= 11 is 0. The number of aliphatic hydroxyl groups excluding tert-OH is 1. The Morgan fingerprint density at radius 3 is 2.53 bits per heavy atom. The summed E-state index contributed by atoms with van der Waals surface area (Å²) in [6.07, 6.45) is 1.29. The molecule has 0 heterocycles. The Hall–Kier alpha value is -2.09. The molecule has 164 valence electrons. The summed E-state index contributed by atoms with van der Waals surface area (Å²) in [7, 11) is 1.85. The second-order valence-electron chi connectivity index (χ2n) is 8.16. The topological polar surface area (TPSA) is 44.7 Å². The fourth-order valence-electron chi connectivity index (χ4n) is 3.62. The maximum atomic E-state index is 13.8. The van der Waals surface area contributed by atoms with E-state index in [0.717, 1.165) is 36.9 Å². The summed E-state index contributed by atoms with van der Waals surface area (Å²) in [4.78, 5) is 1.92. The van der Waals surface area contributed by atoms with E-state index in [1.165, 1.54) is 0 Å². The van der Waals surface area contributed by atoms with Gasteiger partial charge in [0, 0.05) is 37.3 Å². The number of rotatable bonds is 11. The van der Waals surface area contributed by atoms with E-state index in [-0.39, 0.29) is 18.2 Å². The molecule has 7 heteroatoms. The largest absolute Gasteiger partial charge is 0.492 e. The van der Waals surface area contributed by atoms with Gasteiger partial charge in [0.05, 0.1) is 6.10 Å². The molecule has 1 aliphatic rings. The Morgan fingerprint density at radius 2 is 1.83 bits per heavy atom. The lowest BCUT2D eigenvalue weighted by Gasteiger charge is -2.17. The number of ether oxygens (including phenoxy) is 1. The Labute approximate surface area is 175 Å². The molecule has 0 radical (unpaired) electrons. The smallest absolute Gasteiger partial charge is 0.161 e. The third-order valence-corrected chi connectivity index (χ3v) is 5.23. The summed E-state index contributed by atoms with van der Waals surface area (Å²) in [5.41, 5.74) is 1.23. The van der Waals surface area contributed by atoms with Crippen LogP contribution in [0.2, 0.25) is 0 Å². The predicted octanol–water partition coefficient (Wildman–Crippen LogP) is 3.52. The minimum atomic E-state index is -1.16. The Kier molecular flexibility index (Phi) is 7.75. The number of nitrogens with one attached hydrogen (secondary N) is 1. The van der Waals surface area contributed by atoms with Crippen molar-refractivity contribution in [3.05, 3.63) is 65.0 Å². The first-order valence-electron chi connectivity index (χ1n) is 10.3. The van der Waals surface area contributed by atoms with E-state index in [9.17, 15) is 18.3 Å². The van der Waals surface area contributed by atoms with Crippen molar-refractivity contribution in [2.75, 3.05) is 26.7 Å². The van der Waals surface area contributed by atoms with Gasteiger partial charge in [-0.2, -0.15) is 0 Å². The van der Waals surface area contributed by atoms with Crippen LogP contribution in [0.4, 0.5) is 13.2 Å². The Balaban J connectivity index is 1.32. The summed E-state index contributed by atoms with van der Waals surface area (Å²) < 4.78 is 45.9. The number of aliphatic hydroxyl groups is 1. The highest BCUT2D eigenvalue weighted by Crippen LogP contribution is 2.31. The second-order valence-corrected chi connectivity index (χ2v) is 8.16. The fraction of sp³-hybridized carbons (Fsp3) is 0.478. The van der Waals surface area contributed by atoms with Gasteiger partial charge in [-0.05, 0) is 56.5 Å². The quantitative estimate of drug-likeness (QED) is 0.430. The lowest BCUT2D eigenvalue weighted by molar-refractivity contribution is 0.195. The van der Waals surface area contributed by atoms with Gasteiger partial charge in [0.2, 0.25) is 0 Å². The van der Waals surface area contributed by atoms with Crippen molar-refractivity contribution in [1.82, 2.24) is 10.2 Å². The SMILES string of the molecule is C[C@@H](O)Cc1ccc(OCCN[C@@H]2C[C@H]2CN(C)Cc2cc(F)c(F)cc2F)cc1. The van der Waals surface area contributed by atoms with Gasteiger partial charge < -0.3 is 20.1 Å². The van der Waals surface area contributed by atoms with Crippen LogP contribution >= 0.6 is 0 Å². The summed E-state index contributed by atoms with van der Waals surface area (Å²) in [5.74, 6) is -1.66. The molecule has 0 amide bonds. The van der Waals surface area contributed by atoms with Crippen molar-refractivity contribution in [3.63, 3.8) is 0 Å². The highest BCUT2D eigenvalue weighted by atomic mass is 19.2.